The summed E-state index contributed by atoms with van der Waals surface area (Å²) in [5, 5.41) is 1.36. The highest BCUT2D eigenvalue weighted by molar-refractivity contribution is 5.82. The molecule has 27 heavy (non-hydrogen) atoms. The number of benzene rings is 2. The maximum absolute atomic E-state index is 5.56. The number of methoxy groups -OCH3 is 2. The summed E-state index contributed by atoms with van der Waals surface area (Å²) in [4.78, 5) is 6.70. The number of ether oxygens (including phenoxy) is 2. The molecule has 0 spiro atoms. The Morgan fingerprint density at radius 2 is 1.56 bits per heavy atom. The van der Waals surface area contributed by atoms with Crippen LogP contribution in [-0.4, -0.2) is 45.4 Å². The van der Waals surface area contributed by atoms with Crippen LogP contribution in [0.3, 0.4) is 0 Å². The molecule has 0 bridgehead atoms. The summed E-state index contributed by atoms with van der Waals surface area (Å²) in [6.07, 6.45) is 2.18. The minimum Gasteiger partial charge on any atom is -0.497 e. The van der Waals surface area contributed by atoms with Crippen LogP contribution in [0.2, 0.25) is 0 Å². The summed E-state index contributed by atoms with van der Waals surface area (Å²) < 4.78 is 10.9. The second-order valence-electron chi connectivity index (χ2n) is 7.39. The minimum atomic E-state index is 0.846. The lowest BCUT2D eigenvalue weighted by Crippen LogP contribution is -3.27. The van der Waals surface area contributed by atoms with Gasteiger partial charge in [-0.1, -0.05) is 18.2 Å². The number of piperazine rings is 1. The molecule has 5 heteroatoms. The van der Waals surface area contributed by atoms with Gasteiger partial charge in [0, 0.05) is 34.3 Å². The van der Waals surface area contributed by atoms with Crippen molar-refractivity contribution < 1.29 is 19.3 Å². The second kappa shape index (κ2) is 8.03. The molecule has 0 aliphatic carbocycles. The van der Waals surface area contributed by atoms with E-state index in [1.807, 2.05) is 12.1 Å². The SMILES string of the molecule is COc1ccc(C[NH+]2CC[NH+](Cc3c[nH]c4ccccc34)CC2)c(OC)c1. The van der Waals surface area contributed by atoms with Crippen molar-refractivity contribution in [1.29, 1.82) is 0 Å². The Balaban J connectivity index is 1.35. The number of para-hydroxylation sites is 1. The van der Waals surface area contributed by atoms with Gasteiger partial charge in [0.2, 0.25) is 0 Å². The van der Waals surface area contributed by atoms with Gasteiger partial charge >= 0.3 is 0 Å². The van der Waals surface area contributed by atoms with E-state index in [0.717, 1.165) is 24.6 Å². The van der Waals surface area contributed by atoms with Crippen LogP contribution < -0.4 is 19.3 Å². The van der Waals surface area contributed by atoms with E-state index < -0.39 is 0 Å². The molecular formula is C22H29N3O2+2. The van der Waals surface area contributed by atoms with Gasteiger partial charge in [0.05, 0.1) is 14.2 Å². The molecule has 3 aromatic rings. The lowest BCUT2D eigenvalue weighted by Gasteiger charge is -2.30. The van der Waals surface area contributed by atoms with Crippen LogP contribution in [0, 0.1) is 0 Å². The average molecular weight is 367 g/mol. The van der Waals surface area contributed by atoms with Gasteiger partial charge < -0.3 is 24.3 Å². The monoisotopic (exact) mass is 367 g/mol. The highest BCUT2D eigenvalue weighted by Gasteiger charge is 2.24. The third-order valence-electron chi connectivity index (χ3n) is 5.71. The topological polar surface area (TPSA) is 43.1 Å². The number of hydrogen-bond donors (Lipinski definition) is 3. The molecule has 142 valence electrons. The summed E-state index contributed by atoms with van der Waals surface area (Å²) in [5.41, 5.74) is 3.93. The first kappa shape index (κ1) is 17.9. The predicted octanol–water partition coefficient (Wildman–Crippen LogP) is 0.669. The number of nitrogens with one attached hydrogen (secondary N) is 3. The summed E-state index contributed by atoms with van der Waals surface area (Å²) in [6, 6.07) is 14.7. The first-order valence-corrected chi connectivity index (χ1v) is 9.70. The molecule has 2 aromatic carbocycles. The maximum atomic E-state index is 5.56. The fourth-order valence-electron chi connectivity index (χ4n) is 4.13. The first-order chi connectivity index (χ1) is 13.3. The predicted molar refractivity (Wildman–Crippen MR) is 107 cm³/mol. The molecular weight excluding hydrogens is 338 g/mol. The molecule has 1 aromatic heterocycles. The quantitative estimate of drug-likeness (QED) is 0.600. The van der Waals surface area contributed by atoms with Gasteiger partial charge in [0.25, 0.3) is 0 Å². The van der Waals surface area contributed by atoms with E-state index in [1.165, 1.54) is 48.2 Å². The number of hydrogen-bond acceptors (Lipinski definition) is 2. The molecule has 1 aliphatic heterocycles. The number of aromatic amines is 1. The zero-order valence-electron chi connectivity index (χ0n) is 16.2. The Morgan fingerprint density at radius 1 is 0.852 bits per heavy atom. The van der Waals surface area contributed by atoms with Crippen LogP contribution >= 0.6 is 0 Å². The molecule has 4 rings (SSSR count). The lowest BCUT2D eigenvalue weighted by atomic mass is 10.1. The molecule has 0 radical (unpaired) electrons. The maximum Gasteiger partial charge on any atom is 0.131 e. The Bertz CT molecular complexity index is 897. The fourth-order valence-corrected chi connectivity index (χ4v) is 4.13. The van der Waals surface area contributed by atoms with E-state index in [2.05, 4.69) is 41.5 Å². The zero-order chi connectivity index (χ0) is 18.6. The molecule has 0 saturated carbocycles. The van der Waals surface area contributed by atoms with E-state index in [0.29, 0.717) is 0 Å². The van der Waals surface area contributed by atoms with E-state index >= 15 is 0 Å². The van der Waals surface area contributed by atoms with Crippen molar-refractivity contribution in [3.05, 3.63) is 59.8 Å². The normalized spacial score (nSPS) is 19.9. The van der Waals surface area contributed by atoms with Crippen LogP contribution in [0.15, 0.2) is 48.7 Å². The van der Waals surface area contributed by atoms with Gasteiger partial charge in [-0.15, -0.1) is 0 Å². The number of H-pyrrole nitrogens is 1. The number of fused-ring (bicyclic) bond motifs is 1. The van der Waals surface area contributed by atoms with Crippen molar-refractivity contribution in [3.8, 4) is 11.5 Å². The minimum absolute atomic E-state index is 0.846. The number of quaternary nitrogens is 2. The van der Waals surface area contributed by atoms with Gasteiger partial charge in [-0.25, -0.2) is 0 Å². The molecule has 0 unspecified atom stereocenters. The summed E-state index contributed by atoms with van der Waals surface area (Å²) in [7, 11) is 3.42. The van der Waals surface area contributed by atoms with Gasteiger partial charge in [-0.3, -0.25) is 0 Å². The Labute approximate surface area is 160 Å². The molecule has 1 fully saturated rings. The van der Waals surface area contributed by atoms with Gasteiger partial charge in [-0.2, -0.15) is 0 Å². The van der Waals surface area contributed by atoms with Crippen LogP contribution in [0.5, 0.6) is 11.5 Å². The Morgan fingerprint density at radius 3 is 2.26 bits per heavy atom. The van der Waals surface area contributed by atoms with Gasteiger partial charge in [0.1, 0.15) is 50.8 Å². The van der Waals surface area contributed by atoms with Crippen LogP contribution in [-0.2, 0) is 13.1 Å². The van der Waals surface area contributed by atoms with Crippen LogP contribution in [0.1, 0.15) is 11.1 Å². The largest absolute Gasteiger partial charge is 0.497 e. The molecule has 3 N–H and O–H groups in total. The van der Waals surface area contributed by atoms with Crippen molar-refractivity contribution in [2.24, 2.45) is 0 Å². The molecule has 5 nitrogen and oxygen atoms in total. The Hall–Kier alpha value is -2.50. The molecule has 0 amide bonds. The first-order valence-electron chi connectivity index (χ1n) is 9.70. The smallest absolute Gasteiger partial charge is 0.131 e. The van der Waals surface area contributed by atoms with E-state index in [4.69, 9.17) is 9.47 Å². The lowest BCUT2D eigenvalue weighted by molar-refractivity contribution is -1.02. The third-order valence-corrected chi connectivity index (χ3v) is 5.71. The molecule has 2 heterocycles. The van der Waals surface area contributed by atoms with E-state index in [1.54, 1.807) is 24.0 Å². The molecule has 1 saturated heterocycles. The summed E-state index contributed by atoms with van der Waals surface area (Å²) in [5.74, 6) is 1.77. The van der Waals surface area contributed by atoms with Crippen molar-refractivity contribution >= 4 is 10.9 Å². The van der Waals surface area contributed by atoms with Gasteiger partial charge in [-0.05, 0) is 18.2 Å². The number of rotatable bonds is 6. The van der Waals surface area contributed by atoms with Crippen molar-refractivity contribution in [3.63, 3.8) is 0 Å². The second-order valence-corrected chi connectivity index (χ2v) is 7.39. The summed E-state index contributed by atoms with van der Waals surface area (Å²) in [6.45, 7) is 6.89. The molecule has 0 atom stereocenters. The van der Waals surface area contributed by atoms with Crippen molar-refractivity contribution in [2.45, 2.75) is 13.1 Å². The summed E-state index contributed by atoms with van der Waals surface area (Å²) >= 11 is 0. The van der Waals surface area contributed by atoms with Gasteiger partial charge in [0.15, 0.2) is 0 Å². The Kier molecular flexibility index (Phi) is 5.32. The highest BCUT2D eigenvalue weighted by Crippen LogP contribution is 2.23. The van der Waals surface area contributed by atoms with E-state index in [-0.39, 0.29) is 0 Å². The third kappa shape index (κ3) is 3.94. The average Bonchev–Trinajstić information content (AvgIpc) is 3.12. The standard InChI is InChI=1S/C22H27N3O2/c1-26-19-8-7-17(22(13-19)27-2)15-24-9-11-25(12-10-24)16-18-14-23-21-6-4-3-5-20(18)21/h3-8,13-14,23H,9-12,15-16H2,1-2H3/p+2. The van der Waals surface area contributed by atoms with E-state index in [9.17, 15) is 0 Å². The zero-order valence-corrected chi connectivity index (χ0v) is 16.2. The van der Waals surface area contributed by atoms with Crippen LogP contribution in [0.4, 0.5) is 0 Å². The van der Waals surface area contributed by atoms with Crippen molar-refractivity contribution in [1.82, 2.24) is 4.98 Å². The highest BCUT2D eigenvalue weighted by atomic mass is 16.5. The molecule has 1 aliphatic rings. The fraction of sp³-hybridized carbons (Fsp3) is 0.364. The van der Waals surface area contributed by atoms with Crippen LogP contribution in [0.25, 0.3) is 10.9 Å². The van der Waals surface area contributed by atoms with Crippen molar-refractivity contribution in [2.75, 3.05) is 40.4 Å². The number of aromatic nitrogens is 1.